The maximum Gasteiger partial charge on any atom is 0.407 e. The Bertz CT molecular complexity index is 412. The molecule has 1 saturated heterocycles. The van der Waals surface area contributed by atoms with Crippen molar-refractivity contribution < 1.29 is 14.6 Å². The third-order valence-electron chi connectivity index (χ3n) is 2.82. The van der Waals surface area contributed by atoms with Crippen molar-refractivity contribution in [1.82, 2.24) is 4.90 Å². The van der Waals surface area contributed by atoms with Crippen molar-refractivity contribution in [3.05, 3.63) is 34.3 Å². The average molecular weight is 300 g/mol. The van der Waals surface area contributed by atoms with Crippen LogP contribution in [0.25, 0.3) is 0 Å². The molecular weight excluding hydrogens is 286 g/mol. The van der Waals surface area contributed by atoms with Gasteiger partial charge < -0.3 is 14.7 Å². The van der Waals surface area contributed by atoms with Gasteiger partial charge in [-0.3, -0.25) is 0 Å². The van der Waals surface area contributed by atoms with Crippen LogP contribution in [0.5, 0.6) is 0 Å². The zero-order valence-electron chi connectivity index (χ0n) is 9.52. The van der Waals surface area contributed by atoms with E-state index < -0.39 is 6.09 Å². The van der Waals surface area contributed by atoms with Crippen LogP contribution in [-0.2, 0) is 11.3 Å². The number of carbonyl (C=O) groups is 1. The second-order valence-electron chi connectivity index (χ2n) is 4.50. The van der Waals surface area contributed by atoms with Crippen molar-refractivity contribution in [1.29, 1.82) is 0 Å². The van der Waals surface area contributed by atoms with Crippen LogP contribution in [0.2, 0.25) is 0 Å². The molecule has 17 heavy (non-hydrogen) atoms. The number of halogens is 1. The number of benzene rings is 1. The van der Waals surface area contributed by atoms with Crippen molar-refractivity contribution in [2.45, 2.75) is 19.1 Å². The van der Waals surface area contributed by atoms with Crippen molar-refractivity contribution in [3.8, 4) is 0 Å². The third-order valence-corrected chi connectivity index (χ3v) is 3.35. The second kappa shape index (κ2) is 4.66. The molecule has 1 aliphatic heterocycles. The standard InChI is InChI=1S/C12H14BrNO3/c1-12(7-14(8-12)11(15)16)17-6-9-2-4-10(13)5-3-9/h2-5H,6-8H2,1H3,(H,15,16). The summed E-state index contributed by atoms with van der Waals surface area (Å²) in [6.45, 7) is 3.33. The quantitative estimate of drug-likeness (QED) is 0.933. The van der Waals surface area contributed by atoms with Crippen LogP contribution in [0.1, 0.15) is 12.5 Å². The van der Waals surface area contributed by atoms with Crippen LogP contribution in [0, 0.1) is 0 Å². The summed E-state index contributed by atoms with van der Waals surface area (Å²) >= 11 is 3.37. The molecule has 0 unspecified atom stereocenters. The van der Waals surface area contributed by atoms with Crippen molar-refractivity contribution in [2.75, 3.05) is 13.1 Å². The SMILES string of the molecule is CC1(OCc2ccc(Br)cc2)CN(C(=O)O)C1. The zero-order chi connectivity index (χ0) is 12.5. The van der Waals surface area contributed by atoms with Gasteiger partial charge in [-0.15, -0.1) is 0 Å². The van der Waals surface area contributed by atoms with E-state index in [1.54, 1.807) is 0 Å². The molecule has 0 aromatic heterocycles. The summed E-state index contributed by atoms with van der Waals surface area (Å²) in [6.07, 6.45) is -0.880. The Hall–Kier alpha value is -1.07. The predicted molar refractivity (Wildman–Crippen MR) is 66.9 cm³/mol. The number of nitrogens with zero attached hydrogens (tertiary/aromatic N) is 1. The summed E-state index contributed by atoms with van der Waals surface area (Å²) in [5, 5.41) is 8.75. The molecule has 2 rings (SSSR count). The smallest absolute Gasteiger partial charge is 0.407 e. The average Bonchev–Trinajstić information content (AvgIpc) is 2.24. The lowest BCUT2D eigenvalue weighted by Crippen LogP contribution is -2.62. The van der Waals surface area contributed by atoms with Gasteiger partial charge in [-0.1, -0.05) is 28.1 Å². The van der Waals surface area contributed by atoms with E-state index in [0.29, 0.717) is 19.7 Å². The highest BCUT2D eigenvalue weighted by Crippen LogP contribution is 2.26. The monoisotopic (exact) mass is 299 g/mol. The lowest BCUT2D eigenvalue weighted by atomic mass is 9.97. The van der Waals surface area contributed by atoms with Gasteiger partial charge in [-0.2, -0.15) is 0 Å². The highest BCUT2D eigenvalue weighted by Gasteiger charge is 2.42. The lowest BCUT2D eigenvalue weighted by molar-refractivity contribution is -0.128. The first-order valence-electron chi connectivity index (χ1n) is 5.35. The molecule has 92 valence electrons. The van der Waals surface area contributed by atoms with Crippen molar-refractivity contribution in [2.24, 2.45) is 0 Å². The molecule has 0 spiro atoms. The molecule has 1 aromatic rings. The van der Waals surface area contributed by atoms with Crippen LogP contribution in [-0.4, -0.2) is 34.8 Å². The molecule has 1 fully saturated rings. The fourth-order valence-electron chi connectivity index (χ4n) is 1.83. The Morgan fingerprint density at radius 3 is 2.59 bits per heavy atom. The maximum absolute atomic E-state index is 10.6. The number of ether oxygens (including phenoxy) is 1. The molecule has 0 bridgehead atoms. The molecule has 0 saturated carbocycles. The molecule has 4 nitrogen and oxygen atoms in total. The topological polar surface area (TPSA) is 49.8 Å². The molecule has 1 N–H and O–H groups in total. The van der Waals surface area contributed by atoms with Crippen molar-refractivity contribution >= 4 is 22.0 Å². The predicted octanol–water partition coefficient (Wildman–Crippen LogP) is 2.72. The number of amides is 1. The first kappa shape index (κ1) is 12.4. The molecular formula is C12H14BrNO3. The number of likely N-dealkylation sites (tertiary alicyclic amines) is 1. The number of rotatable bonds is 3. The van der Waals surface area contributed by atoms with Crippen LogP contribution in [0.15, 0.2) is 28.7 Å². The van der Waals surface area contributed by atoms with Crippen LogP contribution < -0.4 is 0 Å². The minimum absolute atomic E-state index is 0.342. The molecule has 1 aliphatic rings. The maximum atomic E-state index is 10.6. The highest BCUT2D eigenvalue weighted by molar-refractivity contribution is 9.10. The van der Waals surface area contributed by atoms with E-state index in [2.05, 4.69) is 15.9 Å². The Balaban J connectivity index is 1.83. The summed E-state index contributed by atoms with van der Waals surface area (Å²) in [5.41, 5.74) is 0.744. The Kier molecular flexibility index (Phi) is 3.40. The Morgan fingerprint density at radius 2 is 2.06 bits per heavy atom. The van der Waals surface area contributed by atoms with Crippen LogP contribution >= 0.6 is 15.9 Å². The highest BCUT2D eigenvalue weighted by atomic mass is 79.9. The van der Waals surface area contributed by atoms with Crippen LogP contribution in [0.4, 0.5) is 4.79 Å². The second-order valence-corrected chi connectivity index (χ2v) is 5.42. The largest absolute Gasteiger partial charge is 0.465 e. The van der Waals surface area contributed by atoms with Gasteiger partial charge in [-0.25, -0.2) is 4.79 Å². The Morgan fingerprint density at radius 1 is 1.47 bits per heavy atom. The van der Waals surface area contributed by atoms with E-state index in [1.165, 1.54) is 4.90 Å². The fourth-order valence-corrected chi connectivity index (χ4v) is 2.09. The van der Waals surface area contributed by atoms with E-state index in [4.69, 9.17) is 9.84 Å². The number of carboxylic acid groups (broad SMARTS) is 1. The zero-order valence-corrected chi connectivity index (χ0v) is 11.1. The molecule has 0 radical (unpaired) electrons. The van der Waals surface area contributed by atoms with Gasteiger partial charge in [0.05, 0.1) is 19.7 Å². The fraction of sp³-hybridized carbons (Fsp3) is 0.417. The molecule has 1 heterocycles. The number of hydrogen-bond donors (Lipinski definition) is 1. The van der Waals surface area contributed by atoms with Gasteiger partial charge in [0.25, 0.3) is 0 Å². The first-order valence-corrected chi connectivity index (χ1v) is 6.14. The van der Waals surface area contributed by atoms with E-state index in [1.807, 2.05) is 31.2 Å². The van der Waals surface area contributed by atoms with Gasteiger partial charge in [0.15, 0.2) is 0 Å². The van der Waals surface area contributed by atoms with Gasteiger partial charge in [-0.05, 0) is 24.6 Å². The van der Waals surface area contributed by atoms with Gasteiger partial charge in [0.1, 0.15) is 5.60 Å². The molecule has 0 atom stereocenters. The molecule has 5 heteroatoms. The first-order chi connectivity index (χ1) is 7.98. The van der Waals surface area contributed by atoms with E-state index >= 15 is 0 Å². The molecule has 1 aromatic carbocycles. The van der Waals surface area contributed by atoms with Crippen LogP contribution in [0.3, 0.4) is 0 Å². The Labute approximate surface area is 108 Å². The van der Waals surface area contributed by atoms with Gasteiger partial charge >= 0.3 is 6.09 Å². The van der Waals surface area contributed by atoms with Gasteiger partial charge in [0, 0.05) is 4.47 Å². The normalized spacial score (nSPS) is 17.6. The molecule has 1 amide bonds. The van der Waals surface area contributed by atoms with Crippen molar-refractivity contribution in [3.63, 3.8) is 0 Å². The molecule has 0 aliphatic carbocycles. The summed E-state index contributed by atoms with van der Waals surface area (Å²) in [5.74, 6) is 0. The third kappa shape index (κ3) is 2.98. The summed E-state index contributed by atoms with van der Waals surface area (Å²) in [6, 6.07) is 7.90. The van der Waals surface area contributed by atoms with E-state index in [-0.39, 0.29) is 5.60 Å². The lowest BCUT2D eigenvalue weighted by Gasteiger charge is -2.45. The van der Waals surface area contributed by atoms with E-state index in [0.717, 1.165) is 10.0 Å². The minimum atomic E-state index is -0.880. The summed E-state index contributed by atoms with van der Waals surface area (Å²) in [7, 11) is 0. The number of hydrogen-bond acceptors (Lipinski definition) is 2. The van der Waals surface area contributed by atoms with Gasteiger partial charge in [0.2, 0.25) is 0 Å². The minimum Gasteiger partial charge on any atom is -0.465 e. The van der Waals surface area contributed by atoms with E-state index in [9.17, 15) is 4.79 Å². The summed E-state index contributed by atoms with van der Waals surface area (Å²) < 4.78 is 6.79. The summed E-state index contributed by atoms with van der Waals surface area (Å²) in [4.78, 5) is 12.0.